The summed E-state index contributed by atoms with van der Waals surface area (Å²) >= 11 is 0. The smallest absolute Gasteiger partial charge is 0.175 e. The van der Waals surface area contributed by atoms with Gasteiger partial charge in [-0.1, -0.05) is 12.2 Å². The summed E-state index contributed by atoms with van der Waals surface area (Å²) in [4.78, 5) is 0. The van der Waals surface area contributed by atoms with Gasteiger partial charge in [0.25, 0.3) is 0 Å². The van der Waals surface area contributed by atoms with Gasteiger partial charge in [0.2, 0.25) is 0 Å². The lowest BCUT2D eigenvalue weighted by atomic mass is 10.1. The van der Waals surface area contributed by atoms with Crippen LogP contribution < -0.4 is 0 Å². The SMILES string of the molecule is C=C1[C@H]2CCC3(OCCO3)[C@@H]12. The van der Waals surface area contributed by atoms with Gasteiger partial charge in [0.1, 0.15) is 0 Å². The molecule has 1 spiro atoms. The van der Waals surface area contributed by atoms with E-state index in [4.69, 9.17) is 9.47 Å². The molecule has 3 aliphatic rings. The van der Waals surface area contributed by atoms with Crippen LogP contribution in [0.5, 0.6) is 0 Å². The zero-order chi connectivity index (χ0) is 7.47. The van der Waals surface area contributed by atoms with Crippen LogP contribution in [-0.2, 0) is 9.47 Å². The third-order valence-electron chi connectivity index (χ3n) is 3.22. The molecule has 0 radical (unpaired) electrons. The largest absolute Gasteiger partial charge is 0.347 e. The molecule has 1 heterocycles. The van der Waals surface area contributed by atoms with Crippen LogP contribution in [0.4, 0.5) is 0 Å². The van der Waals surface area contributed by atoms with Gasteiger partial charge in [0.15, 0.2) is 5.79 Å². The molecule has 2 heteroatoms. The van der Waals surface area contributed by atoms with Gasteiger partial charge >= 0.3 is 0 Å². The first-order valence-electron chi connectivity index (χ1n) is 4.30. The Balaban J connectivity index is 1.92. The molecule has 2 aliphatic carbocycles. The van der Waals surface area contributed by atoms with E-state index in [2.05, 4.69) is 6.58 Å². The average Bonchev–Trinajstić information content (AvgIpc) is 2.52. The molecule has 2 nitrogen and oxygen atoms in total. The third-order valence-corrected chi connectivity index (χ3v) is 3.22. The second-order valence-corrected chi connectivity index (χ2v) is 3.71. The van der Waals surface area contributed by atoms with Crippen molar-refractivity contribution in [2.24, 2.45) is 11.8 Å². The van der Waals surface area contributed by atoms with E-state index >= 15 is 0 Å². The second-order valence-electron chi connectivity index (χ2n) is 3.71. The fourth-order valence-electron chi connectivity index (χ4n) is 2.62. The van der Waals surface area contributed by atoms with Crippen molar-refractivity contribution in [3.8, 4) is 0 Å². The Hall–Kier alpha value is -0.340. The zero-order valence-corrected chi connectivity index (χ0v) is 6.51. The Bertz CT molecular complexity index is 210. The molecule has 60 valence electrons. The number of hydrogen-bond donors (Lipinski definition) is 0. The predicted octanol–water partition coefficient (Wildman–Crippen LogP) is 1.33. The van der Waals surface area contributed by atoms with Crippen molar-refractivity contribution in [3.05, 3.63) is 12.2 Å². The Morgan fingerprint density at radius 1 is 1.36 bits per heavy atom. The Morgan fingerprint density at radius 3 is 2.64 bits per heavy atom. The van der Waals surface area contributed by atoms with Crippen LogP contribution in [0.25, 0.3) is 0 Å². The summed E-state index contributed by atoms with van der Waals surface area (Å²) in [6.07, 6.45) is 2.31. The van der Waals surface area contributed by atoms with Gasteiger partial charge in [-0.25, -0.2) is 0 Å². The highest BCUT2D eigenvalue weighted by Crippen LogP contribution is 2.63. The topological polar surface area (TPSA) is 18.5 Å². The van der Waals surface area contributed by atoms with E-state index < -0.39 is 0 Å². The van der Waals surface area contributed by atoms with E-state index in [1.54, 1.807) is 0 Å². The molecule has 2 atom stereocenters. The summed E-state index contributed by atoms with van der Waals surface area (Å²) in [5.74, 6) is 1.07. The molecule has 3 fully saturated rings. The van der Waals surface area contributed by atoms with Gasteiger partial charge in [-0.2, -0.15) is 0 Å². The first kappa shape index (κ1) is 6.21. The summed E-state index contributed by atoms with van der Waals surface area (Å²) in [6.45, 7) is 5.56. The predicted molar refractivity (Wildman–Crippen MR) is 40.0 cm³/mol. The van der Waals surface area contributed by atoms with Gasteiger partial charge in [-0.3, -0.25) is 0 Å². The van der Waals surface area contributed by atoms with Crippen molar-refractivity contribution < 1.29 is 9.47 Å². The normalized spacial score (nSPS) is 44.9. The molecule has 0 aromatic heterocycles. The minimum absolute atomic E-state index is 0.207. The van der Waals surface area contributed by atoms with Crippen LogP contribution in [0, 0.1) is 11.8 Å². The maximum absolute atomic E-state index is 5.64. The lowest BCUT2D eigenvalue weighted by Crippen LogP contribution is -2.29. The van der Waals surface area contributed by atoms with Crippen LogP contribution in [0.1, 0.15) is 12.8 Å². The van der Waals surface area contributed by atoms with Crippen LogP contribution in [0.3, 0.4) is 0 Å². The molecule has 0 bridgehead atoms. The minimum Gasteiger partial charge on any atom is -0.347 e. The number of rotatable bonds is 0. The molecule has 0 unspecified atom stereocenters. The van der Waals surface area contributed by atoms with E-state index in [9.17, 15) is 0 Å². The quantitative estimate of drug-likeness (QED) is 0.487. The highest BCUT2D eigenvalue weighted by Gasteiger charge is 2.64. The molecule has 1 aliphatic heterocycles. The molecule has 0 aromatic rings. The summed E-state index contributed by atoms with van der Waals surface area (Å²) in [6, 6.07) is 0. The fourth-order valence-corrected chi connectivity index (χ4v) is 2.62. The first-order chi connectivity index (χ1) is 5.33. The van der Waals surface area contributed by atoms with E-state index in [0.29, 0.717) is 5.92 Å². The second kappa shape index (κ2) is 1.70. The number of hydrogen-bond acceptors (Lipinski definition) is 2. The summed E-state index contributed by atoms with van der Waals surface area (Å²) in [7, 11) is 0. The molecule has 1 saturated heterocycles. The lowest BCUT2D eigenvalue weighted by molar-refractivity contribution is -0.162. The van der Waals surface area contributed by atoms with E-state index in [-0.39, 0.29) is 5.79 Å². The van der Waals surface area contributed by atoms with E-state index in [0.717, 1.165) is 25.6 Å². The van der Waals surface area contributed by atoms with Gasteiger partial charge in [0, 0.05) is 12.3 Å². The average molecular weight is 152 g/mol. The van der Waals surface area contributed by atoms with Gasteiger partial charge < -0.3 is 9.47 Å². The molecule has 11 heavy (non-hydrogen) atoms. The van der Waals surface area contributed by atoms with Crippen molar-refractivity contribution in [1.82, 2.24) is 0 Å². The van der Waals surface area contributed by atoms with Crippen molar-refractivity contribution in [1.29, 1.82) is 0 Å². The van der Waals surface area contributed by atoms with E-state index in [1.165, 1.54) is 12.0 Å². The molecule has 0 aromatic carbocycles. The Morgan fingerprint density at radius 2 is 2.09 bits per heavy atom. The molecule has 0 amide bonds. The first-order valence-corrected chi connectivity index (χ1v) is 4.30. The molecular formula is C9H12O2. The fraction of sp³-hybridized carbons (Fsp3) is 0.778. The maximum Gasteiger partial charge on any atom is 0.175 e. The lowest BCUT2D eigenvalue weighted by Gasteiger charge is -2.23. The van der Waals surface area contributed by atoms with Crippen LogP contribution in [0.15, 0.2) is 12.2 Å². The van der Waals surface area contributed by atoms with Crippen LogP contribution in [0.2, 0.25) is 0 Å². The van der Waals surface area contributed by atoms with Crippen molar-refractivity contribution in [2.75, 3.05) is 13.2 Å². The van der Waals surface area contributed by atoms with Crippen LogP contribution >= 0.6 is 0 Å². The van der Waals surface area contributed by atoms with Crippen molar-refractivity contribution in [3.63, 3.8) is 0 Å². The molecule has 0 N–H and O–H groups in total. The van der Waals surface area contributed by atoms with E-state index in [1.807, 2.05) is 0 Å². The molecule has 3 rings (SSSR count). The number of ether oxygens (including phenoxy) is 2. The Kier molecular flexibility index (Phi) is 0.958. The summed E-state index contributed by atoms with van der Waals surface area (Å²) < 4.78 is 11.3. The number of fused-ring (bicyclic) bond motifs is 2. The van der Waals surface area contributed by atoms with Crippen molar-refractivity contribution in [2.45, 2.75) is 18.6 Å². The maximum atomic E-state index is 5.64. The molecular weight excluding hydrogens is 140 g/mol. The van der Waals surface area contributed by atoms with Crippen molar-refractivity contribution >= 4 is 0 Å². The third kappa shape index (κ3) is 0.603. The highest BCUT2D eigenvalue weighted by atomic mass is 16.7. The summed E-state index contributed by atoms with van der Waals surface area (Å²) in [5.41, 5.74) is 1.36. The Labute approximate surface area is 66.2 Å². The minimum atomic E-state index is -0.207. The zero-order valence-electron chi connectivity index (χ0n) is 6.51. The van der Waals surface area contributed by atoms with Gasteiger partial charge in [-0.15, -0.1) is 0 Å². The monoisotopic (exact) mass is 152 g/mol. The van der Waals surface area contributed by atoms with Gasteiger partial charge in [-0.05, 0) is 12.3 Å². The van der Waals surface area contributed by atoms with Gasteiger partial charge in [0.05, 0.1) is 13.2 Å². The van der Waals surface area contributed by atoms with Crippen LogP contribution in [-0.4, -0.2) is 19.0 Å². The highest BCUT2D eigenvalue weighted by molar-refractivity contribution is 5.34. The molecule has 2 saturated carbocycles. The summed E-state index contributed by atoms with van der Waals surface area (Å²) in [5, 5.41) is 0. The standard InChI is InChI=1S/C9H12O2/c1-6-7-2-3-9(8(6)7)10-4-5-11-9/h7-8H,1-5H2/t7-,8+/m1/s1.